The second-order valence-corrected chi connectivity index (χ2v) is 6.21. The highest BCUT2D eigenvalue weighted by atomic mass is 35.5. The monoisotopic (exact) mass is 328 g/mol. The first-order valence-corrected chi connectivity index (χ1v) is 7.53. The lowest BCUT2D eigenvalue weighted by Crippen LogP contribution is -2.15. The lowest BCUT2D eigenvalue weighted by Gasteiger charge is -2.09. The van der Waals surface area contributed by atoms with E-state index in [9.17, 15) is 17.6 Å². The number of nitrogens with two attached hydrogens (primary N) is 1. The number of carbonyl (C=O) groups is 1. The molecule has 0 aromatic heterocycles. The zero-order valence-electron chi connectivity index (χ0n) is 10.5. The van der Waals surface area contributed by atoms with Gasteiger partial charge in [0.25, 0.3) is 10.0 Å². The first-order valence-electron chi connectivity index (χ1n) is 5.67. The van der Waals surface area contributed by atoms with Crippen molar-refractivity contribution >= 4 is 33.2 Å². The maximum atomic E-state index is 13.6. The van der Waals surface area contributed by atoms with Crippen molar-refractivity contribution in [3.8, 4) is 0 Å². The van der Waals surface area contributed by atoms with Gasteiger partial charge in [-0.25, -0.2) is 12.8 Å². The SMILES string of the molecule is NC(=O)c1ccc(NS(=O)(=O)c2cc(Cl)ccc2F)cc1. The van der Waals surface area contributed by atoms with Gasteiger partial charge in [0.05, 0.1) is 0 Å². The van der Waals surface area contributed by atoms with E-state index in [0.29, 0.717) is 0 Å². The van der Waals surface area contributed by atoms with Gasteiger partial charge in [0.2, 0.25) is 5.91 Å². The minimum atomic E-state index is -4.13. The molecule has 1 amide bonds. The van der Waals surface area contributed by atoms with Crippen LogP contribution in [-0.4, -0.2) is 14.3 Å². The van der Waals surface area contributed by atoms with Crippen LogP contribution in [0.25, 0.3) is 0 Å². The molecule has 3 N–H and O–H groups in total. The number of halogens is 2. The van der Waals surface area contributed by atoms with Crippen LogP contribution in [0.15, 0.2) is 47.4 Å². The minimum absolute atomic E-state index is 0.0980. The molecule has 0 heterocycles. The van der Waals surface area contributed by atoms with Crippen molar-refractivity contribution in [2.45, 2.75) is 4.90 Å². The Morgan fingerprint density at radius 3 is 2.33 bits per heavy atom. The van der Waals surface area contributed by atoms with E-state index in [1.54, 1.807) is 0 Å². The molecule has 0 saturated carbocycles. The van der Waals surface area contributed by atoms with E-state index in [1.807, 2.05) is 0 Å². The molecule has 2 aromatic carbocycles. The smallest absolute Gasteiger partial charge is 0.264 e. The zero-order valence-corrected chi connectivity index (χ0v) is 12.1. The molecule has 0 radical (unpaired) electrons. The number of anilines is 1. The molecule has 0 atom stereocenters. The van der Waals surface area contributed by atoms with Crippen LogP contribution in [0.1, 0.15) is 10.4 Å². The van der Waals surface area contributed by atoms with Gasteiger partial charge in [-0.05, 0) is 42.5 Å². The van der Waals surface area contributed by atoms with E-state index in [4.69, 9.17) is 17.3 Å². The molecule has 21 heavy (non-hydrogen) atoms. The molecular formula is C13H10ClFN2O3S. The van der Waals surface area contributed by atoms with E-state index < -0.39 is 26.6 Å². The first kappa shape index (κ1) is 15.3. The molecule has 2 rings (SSSR count). The second-order valence-electron chi connectivity index (χ2n) is 4.12. The number of benzene rings is 2. The highest BCUT2D eigenvalue weighted by Crippen LogP contribution is 2.22. The predicted octanol–water partition coefficient (Wildman–Crippen LogP) is 2.38. The fourth-order valence-corrected chi connectivity index (χ4v) is 3.00. The van der Waals surface area contributed by atoms with E-state index >= 15 is 0 Å². The highest BCUT2D eigenvalue weighted by molar-refractivity contribution is 7.92. The average Bonchev–Trinajstić information content (AvgIpc) is 2.41. The summed E-state index contributed by atoms with van der Waals surface area (Å²) in [4.78, 5) is 10.4. The summed E-state index contributed by atoms with van der Waals surface area (Å²) in [5.74, 6) is -1.55. The van der Waals surface area contributed by atoms with Gasteiger partial charge in [-0.15, -0.1) is 0 Å². The van der Waals surface area contributed by atoms with Gasteiger partial charge < -0.3 is 5.73 Å². The molecule has 0 aliphatic carbocycles. The standard InChI is InChI=1S/C13H10ClFN2O3S/c14-9-3-6-11(15)12(7-9)21(19,20)17-10-4-1-8(2-5-10)13(16)18/h1-7,17H,(H2,16,18). The molecule has 0 aliphatic rings. The van der Waals surface area contributed by atoms with Gasteiger partial charge in [-0.3, -0.25) is 9.52 Å². The summed E-state index contributed by atoms with van der Waals surface area (Å²) in [6.07, 6.45) is 0. The van der Waals surface area contributed by atoms with E-state index in [0.717, 1.165) is 12.1 Å². The van der Waals surface area contributed by atoms with Crippen LogP contribution in [0.4, 0.5) is 10.1 Å². The number of sulfonamides is 1. The summed E-state index contributed by atoms with van der Waals surface area (Å²) in [6, 6.07) is 8.63. The molecule has 110 valence electrons. The molecule has 0 bridgehead atoms. The molecule has 8 heteroatoms. The van der Waals surface area contributed by atoms with Crippen LogP contribution in [0.5, 0.6) is 0 Å². The Labute approximate surface area is 125 Å². The highest BCUT2D eigenvalue weighted by Gasteiger charge is 2.19. The lowest BCUT2D eigenvalue weighted by molar-refractivity contribution is 0.100. The molecule has 0 spiro atoms. The van der Waals surface area contributed by atoms with Gasteiger partial charge in [0, 0.05) is 16.3 Å². The van der Waals surface area contributed by atoms with Gasteiger partial charge >= 0.3 is 0 Å². The quantitative estimate of drug-likeness (QED) is 0.903. The fourth-order valence-electron chi connectivity index (χ4n) is 1.60. The van der Waals surface area contributed by atoms with E-state index in [1.165, 1.54) is 30.3 Å². The second kappa shape index (κ2) is 5.71. The topological polar surface area (TPSA) is 89.3 Å². The van der Waals surface area contributed by atoms with Gasteiger partial charge in [-0.2, -0.15) is 0 Å². The number of amides is 1. The molecule has 0 fully saturated rings. The Balaban J connectivity index is 2.33. The summed E-state index contributed by atoms with van der Waals surface area (Å²) in [5, 5.41) is 0.0980. The fraction of sp³-hybridized carbons (Fsp3) is 0. The summed E-state index contributed by atoms with van der Waals surface area (Å²) in [7, 11) is -4.13. The van der Waals surface area contributed by atoms with E-state index in [-0.39, 0.29) is 16.3 Å². The molecule has 5 nitrogen and oxygen atoms in total. The van der Waals surface area contributed by atoms with Crippen molar-refractivity contribution in [2.24, 2.45) is 5.73 Å². The largest absolute Gasteiger partial charge is 0.366 e. The van der Waals surface area contributed by atoms with E-state index in [2.05, 4.69) is 4.72 Å². The third kappa shape index (κ3) is 3.50. The maximum absolute atomic E-state index is 13.6. The Kier molecular flexibility index (Phi) is 4.15. The summed E-state index contributed by atoms with van der Waals surface area (Å²) in [5.41, 5.74) is 5.47. The number of rotatable bonds is 4. The van der Waals surface area contributed by atoms with Crippen molar-refractivity contribution in [1.82, 2.24) is 0 Å². The molecular weight excluding hydrogens is 319 g/mol. The van der Waals surface area contributed by atoms with Crippen LogP contribution >= 0.6 is 11.6 Å². The minimum Gasteiger partial charge on any atom is -0.366 e. The Morgan fingerprint density at radius 2 is 1.76 bits per heavy atom. The van der Waals surface area contributed by atoms with Crippen molar-refractivity contribution in [1.29, 1.82) is 0 Å². The van der Waals surface area contributed by atoms with Crippen LogP contribution in [0.3, 0.4) is 0 Å². The molecule has 0 saturated heterocycles. The Morgan fingerprint density at radius 1 is 1.14 bits per heavy atom. The number of primary amides is 1. The van der Waals surface area contributed by atoms with Crippen LogP contribution < -0.4 is 10.5 Å². The summed E-state index contributed by atoms with van der Waals surface area (Å²) < 4.78 is 40.0. The van der Waals surface area contributed by atoms with Crippen LogP contribution in [0, 0.1) is 5.82 Å². The average molecular weight is 329 g/mol. The number of hydrogen-bond acceptors (Lipinski definition) is 3. The van der Waals surface area contributed by atoms with Crippen LogP contribution in [0.2, 0.25) is 5.02 Å². The Bertz CT molecular complexity index is 792. The lowest BCUT2D eigenvalue weighted by atomic mass is 10.2. The normalized spacial score (nSPS) is 11.1. The molecule has 0 unspecified atom stereocenters. The third-order valence-corrected chi connectivity index (χ3v) is 4.24. The maximum Gasteiger partial charge on any atom is 0.264 e. The van der Waals surface area contributed by atoms with Gasteiger partial charge in [0.15, 0.2) is 0 Å². The molecule has 0 aliphatic heterocycles. The van der Waals surface area contributed by atoms with Gasteiger partial charge in [-0.1, -0.05) is 11.6 Å². The Hall–Kier alpha value is -2.12. The number of carbonyl (C=O) groups excluding carboxylic acids is 1. The predicted molar refractivity (Wildman–Crippen MR) is 77.2 cm³/mol. The first-order chi connectivity index (χ1) is 9.79. The zero-order chi connectivity index (χ0) is 15.6. The third-order valence-electron chi connectivity index (χ3n) is 2.60. The van der Waals surface area contributed by atoms with Gasteiger partial charge in [0.1, 0.15) is 10.7 Å². The summed E-state index contributed by atoms with van der Waals surface area (Å²) in [6.45, 7) is 0. The van der Waals surface area contributed by atoms with Crippen molar-refractivity contribution in [2.75, 3.05) is 4.72 Å². The van der Waals surface area contributed by atoms with Crippen molar-refractivity contribution in [3.63, 3.8) is 0 Å². The number of nitrogens with one attached hydrogen (secondary N) is 1. The number of hydrogen-bond donors (Lipinski definition) is 2. The van der Waals surface area contributed by atoms with Crippen molar-refractivity contribution in [3.05, 3.63) is 58.9 Å². The van der Waals surface area contributed by atoms with Crippen LogP contribution in [-0.2, 0) is 10.0 Å². The van der Waals surface area contributed by atoms with Crippen molar-refractivity contribution < 1.29 is 17.6 Å². The molecule has 2 aromatic rings. The summed E-state index contributed by atoms with van der Waals surface area (Å²) >= 11 is 5.67.